The van der Waals surface area contributed by atoms with Gasteiger partial charge in [-0.1, -0.05) is 214 Å². The maximum Gasteiger partial charge on any atom is 0.115 e. The van der Waals surface area contributed by atoms with E-state index in [1.54, 1.807) is 0 Å². The molecule has 0 N–H and O–H groups in total. The van der Waals surface area contributed by atoms with Gasteiger partial charge in [0.15, 0.2) is 0 Å². The van der Waals surface area contributed by atoms with Crippen LogP contribution in [0.25, 0.3) is 0 Å². The first-order chi connectivity index (χ1) is 27.9. The van der Waals surface area contributed by atoms with Crippen LogP contribution in [0.15, 0.2) is 219 Å². The summed E-state index contributed by atoms with van der Waals surface area (Å²) in [6.45, 7) is 16.4. The number of nitrogens with zero attached hydrogens (tertiary/aromatic N) is 4. The van der Waals surface area contributed by atoms with Gasteiger partial charge in [-0.2, -0.15) is 21.0 Å². The summed E-state index contributed by atoms with van der Waals surface area (Å²) >= 11 is 5.38. The van der Waals surface area contributed by atoms with Crippen LogP contribution in [0.1, 0.15) is 55.4 Å². The Labute approximate surface area is 364 Å². The van der Waals surface area contributed by atoms with Crippen molar-refractivity contribution in [1.82, 2.24) is 0 Å². The van der Waals surface area contributed by atoms with Gasteiger partial charge < -0.3 is 0 Å². The van der Waals surface area contributed by atoms with Crippen LogP contribution in [0.2, 0.25) is 0 Å². The molecule has 58 heavy (non-hydrogen) atoms. The summed E-state index contributed by atoms with van der Waals surface area (Å²) in [6, 6.07) is 8.34. The van der Waals surface area contributed by atoms with E-state index in [2.05, 4.69) is 139 Å². The molecule has 0 fully saturated rings. The summed E-state index contributed by atoms with van der Waals surface area (Å²) in [4.78, 5) is 1.87. The zero-order valence-corrected chi connectivity index (χ0v) is 37.5. The predicted octanol–water partition coefficient (Wildman–Crippen LogP) is 15.6. The minimum Gasteiger partial charge on any atom is -0.192 e. The summed E-state index contributed by atoms with van der Waals surface area (Å²) in [5, 5.41) is 36.6. The molecule has 0 spiro atoms. The minimum absolute atomic E-state index is 0.467. The van der Waals surface area contributed by atoms with Gasteiger partial charge in [-0.05, 0) is 78.7 Å². The van der Waals surface area contributed by atoms with Crippen molar-refractivity contribution in [2.75, 3.05) is 0 Å². The Morgan fingerprint density at radius 3 is 0.759 bits per heavy atom. The highest BCUT2D eigenvalue weighted by atomic mass is 32.2. The fourth-order valence-corrected chi connectivity index (χ4v) is 8.70. The number of nitriles is 4. The molecule has 0 aliphatic carbocycles. The topological polar surface area (TPSA) is 95.2 Å². The first kappa shape index (κ1) is 48.6. The monoisotopic (exact) mass is 832 g/mol. The first-order valence-corrected chi connectivity index (χ1v) is 21.5. The molecule has 0 unspecified atom stereocenters. The lowest BCUT2D eigenvalue weighted by molar-refractivity contribution is 1.45. The molecule has 0 bridgehead atoms. The van der Waals surface area contributed by atoms with Crippen molar-refractivity contribution >= 4 is 47.0 Å². The first-order valence-electron chi connectivity index (χ1n) is 18.2. The molecule has 2 rings (SSSR count). The van der Waals surface area contributed by atoms with Gasteiger partial charge in [0.1, 0.15) is 43.9 Å². The van der Waals surface area contributed by atoms with E-state index in [1.807, 2.05) is 86.8 Å². The molecule has 0 radical (unpaired) electrons. The Hall–Kier alpha value is -5.58. The van der Waals surface area contributed by atoms with Crippen LogP contribution in [0.4, 0.5) is 0 Å². The third-order valence-electron chi connectivity index (χ3n) is 7.46. The van der Waals surface area contributed by atoms with Crippen LogP contribution in [-0.2, 0) is 0 Å². The molecule has 0 aromatic heterocycles. The van der Waals surface area contributed by atoms with Gasteiger partial charge in [0.05, 0.1) is 8.47 Å². The van der Waals surface area contributed by atoms with Gasteiger partial charge in [0.25, 0.3) is 0 Å². The van der Waals surface area contributed by atoms with E-state index in [0.29, 0.717) is 19.6 Å². The molecule has 0 saturated carbocycles. The molecule has 2 heterocycles. The Morgan fingerprint density at radius 1 is 0.310 bits per heavy atom. The molecule has 4 nitrogen and oxygen atoms in total. The number of rotatable bonds is 16. The summed E-state index contributed by atoms with van der Waals surface area (Å²) in [5.74, 6) is 0. The number of allylic oxidation sites excluding steroid dienone is 36. The maximum absolute atomic E-state index is 9.15. The molecule has 0 aromatic carbocycles. The van der Waals surface area contributed by atoms with Crippen LogP contribution < -0.4 is 0 Å². The lowest BCUT2D eigenvalue weighted by Gasteiger charge is -1.95. The van der Waals surface area contributed by atoms with E-state index < -0.39 is 0 Å². The smallest absolute Gasteiger partial charge is 0.115 e. The molecule has 0 amide bonds. The van der Waals surface area contributed by atoms with Gasteiger partial charge in [0.2, 0.25) is 0 Å². The van der Waals surface area contributed by atoms with Crippen LogP contribution in [0.5, 0.6) is 0 Å². The van der Waals surface area contributed by atoms with E-state index in [1.165, 1.54) is 47.0 Å². The molecule has 292 valence electrons. The third kappa shape index (κ3) is 20.5. The Morgan fingerprint density at radius 2 is 0.517 bits per heavy atom. The SMILES string of the molecule is C\C(C=C1SC(C#N)=C(C#N)S1)=C/C=C/C(C)=C/C=C/C=C(C)/C=C/C=C(C)/C=C/C(C)=C/C=C/C(C)=C/C=C/C=C(C)/C=C/C=C(\C)C=C1SC(C#N)=C(C#N)S1. The van der Waals surface area contributed by atoms with Crippen LogP contribution in [-0.4, -0.2) is 0 Å². The Kier molecular flexibility index (Phi) is 23.4. The van der Waals surface area contributed by atoms with Crippen LogP contribution in [0.3, 0.4) is 0 Å². The van der Waals surface area contributed by atoms with Crippen molar-refractivity contribution in [1.29, 1.82) is 21.0 Å². The van der Waals surface area contributed by atoms with Gasteiger partial charge in [0, 0.05) is 0 Å². The number of hydrogen-bond donors (Lipinski definition) is 0. The number of thioether (sulfide) groups is 4. The molecular formula is C50H48N4S4. The zero-order chi connectivity index (χ0) is 42.7. The van der Waals surface area contributed by atoms with Crippen LogP contribution in [0, 0.1) is 45.3 Å². The minimum atomic E-state index is 0.467. The van der Waals surface area contributed by atoms with Crippen molar-refractivity contribution in [3.8, 4) is 24.3 Å². The fraction of sp³-hybridized carbons (Fsp3) is 0.160. The van der Waals surface area contributed by atoms with E-state index in [0.717, 1.165) is 53.1 Å². The van der Waals surface area contributed by atoms with E-state index >= 15 is 0 Å². The normalized spacial score (nSPS) is 17.4. The molecule has 8 heteroatoms. The van der Waals surface area contributed by atoms with Crippen LogP contribution >= 0.6 is 47.0 Å². The predicted molar refractivity (Wildman–Crippen MR) is 257 cm³/mol. The van der Waals surface area contributed by atoms with Crippen molar-refractivity contribution in [3.05, 3.63) is 219 Å². The van der Waals surface area contributed by atoms with Gasteiger partial charge in [-0.3, -0.25) is 0 Å². The molecule has 2 aliphatic rings. The lowest BCUT2D eigenvalue weighted by Crippen LogP contribution is -1.72. The summed E-state index contributed by atoms with van der Waals surface area (Å²) in [6.07, 6.45) is 49.2. The van der Waals surface area contributed by atoms with Gasteiger partial charge in [-0.25, -0.2) is 0 Å². The van der Waals surface area contributed by atoms with Crippen molar-refractivity contribution in [3.63, 3.8) is 0 Å². The van der Waals surface area contributed by atoms with Crippen molar-refractivity contribution in [2.45, 2.75) is 55.4 Å². The molecule has 2 aliphatic heterocycles. The molecule has 0 saturated heterocycles. The highest BCUT2D eigenvalue weighted by Crippen LogP contribution is 2.49. The molecular weight excluding hydrogens is 785 g/mol. The van der Waals surface area contributed by atoms with E-state index in [-0.39, 0.29) is 0 Å². The fourth-order valence-electron chi connectivity index (χ4n) is 4.34. The second-order valence-electron chi connectivity index (χ2n) is 12.9. The van der Waals surface area contributed by atoms with Crippen molar-refractivity contribution < 1.29 is 0 Å². The van der Waals surface area contributed by atoms with Gasteiger partial charge >= 0.3 is 0 Å². The third-order valence-corrected chi connectivity index (χ3v) is 12.0. The highest BCUT2D eigenvalue weighted by Gasteiger charge is 2.21. The zero-order valence-electron chi connectivity index (χ0n) is 34.3. The summed E-state index contributed by atoms with van der Waals surface area (Å²) in [5.41, 5.74) is 8.95. The molecule has 0 atom stereocenters. The summed E-state index contributed by atoms with van der Waals surface area (Å²) < 4.78 is 1.88. The highest BCUT2D eigenvalue weighted by molar-refractivity contribution is 8.29. The second-order valence-corrected chi connectivity index (χ2v) is 17.6. The second kappa shape index (κ2) is 27.9. The van der Waals surface area contributed by atoms with Gasteiger partial charge in [-0.15, -0.1) is 0 Å². The Bertz CT molecular complexity index is 2110. The lowest BCUT2D eigenvalue weighted by atomic mass is 10.1. The number of hydrogen-bond acceptors (Lipinski definition) is 8. The Balaban J connectivity index is 1.79. The average molecular weight is 833 g/mol. The maximum atomic E-state index is 9.15. The summed E-state index contributed by atoms with van der Waals surface area (Å²) in [7, 11) is 0. The quantitative estimate of drug-likeness (QED) is 0.142. The largest absolute Gasteiger partial charge is 0.192 e. The molecule has 0 aromatic rings. The van der Waals surface area contributed by atoms with E-state index in [4.69, 9.17) is 21.0 Å². The standard InChI is InChI=1S/C50H48N4S4/c1-37(17-9-11-19-39(3)23-15-27-43(7)31-49-55-45(33-51)46(34-52)56-49)21-13-25-41(5)29-30-42(6)26-14-22-38(2)18-10-12-20-40(4)24-16-28-44(8)32-50-57-47(35-53)48(36-54)58-50/h9-32H,1-8H3/b11-9+,12-10+,21-13+,22-14+,23-15+,24-16+,30-29+,37-17+,38-18+,39-19+,40-20+,41-25+,42-26+,43-27+,44-28+. The van der Waals surface area contributed by atoms with E-state index in [9.17, 15) is 0 Å². The van der Waals surface area contributed by atoms with Crippen molar-refractivity contribution in [2.24, 2.45) is 0 Å². The average Bonchev–Trinajstić information content (AvgIpc) is 3.79.